The Hall–Kier alpha value is -0.810. The third-order valence-corrected chi connectivity index (χ3v) is 3.11. The van der Waals surface area contributed by atoms with Crippen molar-refractivity contribution in [1.82, 2.24) is 15.5 Å². The molecule has 14 heavy (non-hydrogen) atoms. The van der Waals surface area contributed by atoms with E-state index in [4.69, 9.17) is 5.11 Å². The normalized spacial score (nSPS) is 33.4. The molecule has 1 saturated heterocycles. The van der Waals surface area contributed by atoms with Crippen LogP contribution in [0.15, 0.2) is 0 Å². The SMILES string of the molecule is O=C(O)N[C@H]1C[C@@H](N2CCNCC2)C1. The van der Waals surface area contributed by atoms with E-state index in [1.807, 2.05) is 0 Å². The number of rotatable bonds is 2. The highest BCUT2D eigenvalue weighted by Gasteiger charge is 2.34. The predicted octanol–water partition coefficient (Wildman–Crippen LogP) is -0.310. The Kier molecular flexibility index (Phi) is 2.88. The van der Waals surface area contributed by atoms with Gasteiger partial charge in [-0.25, -0.2) is 4.79 Å². The van der Waals surface area contributed by atoms with E-state index in [9.17, 15) is 4.79 Å². The zero-order chi connectivity index (χ0) is 9.97. The van der Waals surface area contributed by atoms with Crippen LogP contribution in [0.3, 0.4) is 0 Å². The van der Waals surface area contributed by atoms with Crippen LogP contribution >= 0.6 is 0 Å². The minimum absolute atomic E-state index is 0.187. The molecule has 0 spiro atoms. The van der Waals surface area contributed by atoms with Crippen molar-refractivity contribution in [1.29, 1.82) is 0 Å². The van der Waals surface area contributed by atoms with E-state index >= 15 is 0 Å². The van der Waals surface area contributed by atoms with Crippen molar-refractivity contribution in [2.45, 2.75) is 24.9 Å². The van der Waals surface area contributed by atoms with Crippen LogP contribution in [0, 0.1) is 0 Å². The smallest absolute Gasteiger partial charge is 0.404 e. The van der Waals surface area contributed by atoms with Crippen LogP contribution < -0.4 is 10.6 Å². The van der Waals surface area contributed by atoms with Crippen LogP contribution in [-0.4, -0.2) is 54.4 Å². The second kappa shape index (κ2) is 4.14. The van der Waals surface area contributed by atoms with Gasteiger partial charge in [-0.15, -0.1) is 0 Å². The number of carbonyl (C=O) groups is 1. The first kappa shape index (κ1) is 9.73. The molecule has 80 valence electrons. The lowest BCUT2D eigenvalue weighted by atomic mass is 9.85. The summed E-state index contributed by atoms with van der Waals surface area (Å²) in [6.07, 6.45) is 1.06. The molecular weight excluding hydrogens is 182 g/mol. The summed E-state index contributed by atoms with van der Waals surface area (Å²) in [5.41, 5.74) is 0. The molecule has 5 heteroatoms. The van der Waals surface area contributed by atoms with Gasteiger partial charge in [0.05, 0.1) is 0 Å². The molecule has 2 fully saturated rings. The molecule has 0 aromatic heterocycles. The summed E-state index contributed by atoms with van der Waals surface area (Å²) in [7, 11) is 0. The lowest BCUT2D eigenvalue weighted by molar-refractivity contribution is 0.0830. The molecular formula is C9H17N3O2. The van der Waals surface area contributed by atoms with Crippen molar-refractivity contribution in [2.75, 3.05) is 26.2 Å². The highest BCUT2D eigenvalue weighted by Crippen LogP contribution is 2.25. The van der Waals surface area contributed by atoms with Gasteiger partial charge >= 0.3 is 6.09 Å². The van der Waals surface area contributed by atoms with Crippen molar-refractivity contribution in [3.05, 3.63) is 0 Å². The molecule has 5 nitrogen and oxygen atoms in total. The van der Waals surface area contributed by atoms with Crippen LogP contribution in [-0.2, 0) is 0 Å². The molecule has 1 aliphatic carbocycles. The van der Waals surface area contributed by atoms with E-state index < -0.39 is 6.09 Å². The number of piperazine rings is 1. The topological polar surface area (TPSA) is 64.6 Å². The highest BCUT2D eigenvalue weighted by atomic mass is 16.4. The largest absolute Gasteiger partial charge is 0.465 e. The van der Waals surface area contributed by atoms with Crippen molar-refractivity contribution in [3.8, 4) is 0 Å². The summed E-state index contributed by atoms with van der Waals surface area (Å²) in [5.74, 6) is 0. The average Bonchev–Trinajstić information content (AvgIpc) is 2.12. The fourth-order valence-corrected chi connectivity index (χ4v) is 2.23. The standard InChI is InChI=1S/C9H17N3O2/c13-9(14)11-7-5-8(6-7)12-3-1-10-2-4-12/h7-8,10-11H,1-6H2,(H,13,14)/t7-,8+. The molecule has 1 saturated carbocycles. The van der Waals surface area contributed by atoms with Crippen molar-refractivity contribution in [3.63, 3.8) is 0 Å². The second-order valence-corrected chi connectivity index (χ2v) is 4.06. The van der Waals surface area contributed by atoms with E-state index in [0.29, 0.717) is 6.04 Å². The molecule has 2 rings (SSSR count). The summed E-state index contributed by atoms with van der Waals surface area (Å²) in [5, 5.41) is 14.3. The van der Waals surface area contributed by atoms with Gasteiger partial charge in [0.1, 0.15) is 0 Å². The van der Waals surface area contributed by atoms with Gasteiger partial charge < -0.3 is 15.7 Å². The number of nitrogens with zero attached hydrogens (tertiary/aromatic N) is 1. The van der Waals surface area contributed by atoms with E-state index in [1.165, 1.54) is 0 Å². The van der Waals surface area contributed by atoms with Gasteiger partial charge in [-0.2, -0.15) is 0 Å². The van der Waals surface area contributed by atoms with Crippen molar-refractivity contribution >= 4 is 6.09 Å². The zero-order valence-corrected chi connectivity index (χ0v) is 8.20. The van der Waals surface area contributed by atoms with Gasteiger partial charge in [-0.1, -0.05) is 0 Å². The summed E-state index contributed by atoms with van der Waals surface area (Å²) >= 11 is 0. The van der Waals surface area contributed by atoms with E-state index in [0.717, 1.165) is 39.0 Å². The van der Waals surface area contributed by atoms with E-state index in [2.05, 4.69) is 15.5 Å². The first-order chi connectivity index (χ1) is 6.75. The van der Waals surface area contributed by atoms with Gasteiger partial charge in [0.15, 0.2) is 0 Å². The van der Waals surface area contributed by atoms with Crippen LogP contribution in [0.2, 0.25) is 0 Å². The van der Waals surface area contributed by atoms with Crippen LogP contribution in [0.25, 0.3) is 0 Å². The molecule has 1 amide bonds. The fourth-order valence-electron chi connectivity index (χ4n) is 2.23. The average molecular weight is 199 g/mol. The number of hydrogen-bond donors (Lipinski definition) is 3. The highest BCUT2D eigenvalue weighted by molar-refractivity contribution is 5.65. The molecule has 3 N–H and O–H groups in total. The first-order valence-electron chi connectivity index (χ1n) is 5.20. The minimum Gasteiger partial charge on any atom is -0.465 e. The Bertz CT molecular complexity index is 210. The van der Waals surface area contributed by atoms with Crippen molar-refractivity contribution < 1.29 is 9.90 Å². The molecule has 0 aromatic rings. The quantitative estimate of drug-likeness (QED) is 0.571. The Morgan fingerprint density at radius 2 is 2.00 bits per heavy atom. The number of carboxylic acid groups (broad SMARTS) is 1. The lowest BCUT2D eigenvalue weighted by Crippen LogP contribution is -2.57. The maximum atomic E-state index is 10.4. The Labute approximate surface area is 83.5 Å². The molecule has 0 radical (unpaired) electrons. The first-order valence-corrected chi connectivity index (χ1v) is 5.20. The van der Waals surface area contributed by atoms with Crippen molar-refractivity contribution in [2.24, 2.45) is 0 Å². The van der Waals surface area contributed by atoms with Gasteiger partial charge in [0.25, 0.3) is 0 Å². The summed E-state index contributed by atoms with van der Waals surface area (Å²) in [6, 6.07) is 0.793. The number of nitrogens with one attached hydrogen (secondary N) is 2. The summed E-state index contributed by atoms with van der Waals surface area (Å²) < 4.78 is 0. The lowest BCUT2D eigenvalue weighted by Gasteiger charge is -2.44. The minimum atomic E-state index is -0.895. The third-order valence-electron chi connectivity index (χ3n) is 3.11. The van der Waals surface area contributed by atoms with Gasteiger partial charge in [0.2, 0.25) is 0 Å². The molecule has 0 unspecified atom stereocenters. The number of hydrogen-bond acceptors (Lipinski definition) is 3. The maximum absolute atomic E-state index is 10.4. The Morgan fingerprint density at radius 3 is 2.57 bits per heavy atom. The van der Waals surface area contributed by atoms with Gasteiger partial charge in [-0.3, -0.25) is 4.90 Å². The summed E-state index contributed by atoms with van der Waals surface area (Å²) in [4.78, 5) is 12.8. The van der Waals surface area contributed by atoms with Crippen LogP contribution in [0.4, 0.5) is 4.79 Å². The monoisotopic (exact) mass is 199 g/mol. The van der Waals surface area contributed by atoms with Crippen LogP contribution in [0.1, 0.15) is 12.8 Å². The second-order valence-electron chi connectivity index (χ2n) is 4.06. The molecule has 0 aromatic carbocycles. The molecule has 1 heterocycles. The molecule has 0 atom stereocenters. The van der Waals surface area contributed by atoms with Gasteiger partial charge in [-0.05, 0) is 12.8 Å². The molecule has 1 aliphatic heterocycles. The van der Waals surface area contributed by atoms with Crippen LogP contribution in [0.5, 0.6) is 0 Å². The molecule has 2 aliphatic rings. The van der Waals surface area contributed by atoms with E-state index in [-0.39, 0.29) is 6.04 Å². The molecule has 0 bridgehead atoms. The predicted molar refractivity (Wildman–Crippen MR) is 52.4 cm³/mol. The fraction of sp³-hybridized carbons (Fsp3) is 0.889. The maximum Gasteiger partial charge on any atom is 0.404 e. The summed E-state index contributed by atoms with van der Waals surface area (Å²) in [6.45, 7) is 4.33. The number of amides is 1. The third kappa shape index (κ3) is 2.16. The van der Waals surface area contributed by atoms with Gasteiger partial charge in [0, 0.05) is 38.3 Å². The van der Waals surface area contributed by atoms with E-state index in [1.54, 1.807) is 0 Å². The zero-order valence-electron chi connectivity index (χ0n) is 8.20. The Morgan fingerprint density at radius 1 is 1.36 bits per heavy atom. The Balaban J connectivity index is 1.68.